The number of aryl methyl sites for hydroxylation is 1. The Morgan fingerprint density at radius 2 is 1.82 bits per heavy atom. The number of carbonyl (C=O) groups is 1. The van der Waals surface area contributed by atoms with Gasteiger partial charge in [0, 0.05) is 35.9 Å². The number of nitrogens with one attached hydrogen (secondary N) is 1. The second kappa shape index (κ2) is 8.85. The molecule has 0 unspecified atom stereocenters. The lowest BCUT2D eigenvalue weighted by Crippen LogP contribution is -2.34. The first-order chi connectivity index (χ1) is 13.5. The summed E-state index contributed by atoms with van der Waals surface area (Å²) < 4.78 is 0. The zero-order valence-electron chi connectivity index (χ0n) is 16.8. The first kappa shape index (κ1) is 19.8. The molecule has 3 rings (SSSR count). The first-order valence-corrected chi connectivity index (χ1v) is 9.80. The maximum atomic E-state index is 12.8. The number of hydrogen-bond donors (Lipinski definition) is 2. The number of anilines is 1. The van der Waals surface area contributed by atoms with Crippen LogP contribution in [-0.4, -0.2) is 42.0 Å². The van der Waals surface area contributed by atoms with Crippen molar-refractivity contribution in [2.24, 2.45) is 0 Å². The zero-order chi connectivity index (χ0) is 20.1. The van der Waals surface area contributed by atoms with Gasteiger partial charge in [-0.15, -0.1) is 0 Å². The summed E-state index contributed by atoms with van der Waals surface area (Å²) >= 11 is 0. The quantitative estimate of drug-likeness (QED) is 0.614. The molecule has 0 fully saturated rings. The number of rotatable bonds is 7. The number of benzene rings is 2. The molecule has 3 aromatic rings. The standard InChI is InChI=1S/C23H28N4O/c1-4-27(5-2)13-12-25-23(28)21-15-26-22(20-9-7-6-8-19(20)21)18-11-10-17(24)14-16(18)3/h6-11,14-15H,4-5,12-13,24H2,1-3H3,(H,25,28). The summed E-state index contributed by atoms with van der Waals surface area (Å²) in [5.74, 6) is -0.0866. The number of fused-ring (bicyclic) bond motifs is 1. The van der Waals surface area contributed by atoms with Gasteiger partial charge in [-0.25, -0.2) is 0 Å². The maximum absolute atomic E-state index is 12.8. The summed E-state index contributed by atoms with van der Waals surface area (Å²) in [7, 11) is 0. The fourth-order valence-electron chi connectivity index (χ4n) is 3.50. The molecule has 1 aromatic heterocycles. The van der Waals surface area contributed by atoms with E-state index in [9.17, 15) is 4.79 Å². The summed E-state index contributed by atoms with van der Waals surface area (Å²) in [5, 5.41) is 4.90. The molecule has 5 nitrogen and oxygen atoms in total. The van der Waals surface area contributed by atoms with Gasteiger partial charge >= 0.3 is 0 Å². The van der Waals surface area contributed by atoms with Crippen molar-refractivity contribution in [2.45, 2.75) is 20.8 Å². The van der Waals surface area contributed by atoms with Gasteiger partial charge in [-0.05, 0) is 43.1 Å². The molecule has 1 heterocycles. The van der Waals surface area contributed by atoms with Crippen molar-refractivity contribution in [1.82, 2.24) is 15.2 Å². The van der Waals surface area contributed by atoms with Gasteiger partial charge in [-0.1, -0.05) is 44.2 Å². The average molecular weight is 377 g/mol. The summed E-state index contributed by atoms with van der Waals surface area (Å²) in [4.78, 5) is 19.7. The normalized spacial score (nSPS) is 11.1. The minimum Gasteiger partial charge on any atom is -0.399 e. The van der Waals surface area contributed by atoms with Crippen LogP contribution in [0.3, 0.4) is 0 Å². The average Bonchev–Trinajstić information content (AvgIpc) is 2.70. The molecule has 0 bridgehead atoms. The summed E-state index contributed by atoms with van der Waals surface area (Å²) in [6.45, 7) is 9.69. The largest absolute Gasteiger partial charge is 0.399 e. The van der Waals surface area contributed by atoms with Crippen LogP contribution in [0.4, 0.5) is 5.69 Å². The van der Waals surface area contributed by atoms with Gasteiger partial charge in [0.1, 0.15) is 0 Å². The van der Waals surface area contributed by atoms with E-state index in [4.69, 9.17) is 5.73 Å². The molecule has 0 radical (unpaired) electrons. The van der Waals surface area contributed by atoms with Crippen LogP contribution >= 0.6 is 0 Å². The van der Waals surface area contributed by atoms with Gasteiger partial charge < -0.3 is 16.0 Å². The van der Waals surface area contributed by atoms with E-state index >= 15 is 0 Å². The van der Waals surface area contributed by atoms with Gasteiger partial charge in [0.25, 0.3) is 5.91 Å². The van der Waals surface area contributed by atoms with Gasteiger partial charge in [0.05, 0.1) is 11.3 Å². The van der Waals surface area contributed by atoms with E-state index in [0.29, 0.717) is 12.1 Å². The molecule has 2 aromatic carbocycles. The van der Waals surface area contributed by atoms with Gasteiger partial charge in [-0.3, -0.25) is 9.78 Å². The number of nitrogens with zero attached hydrogens (tertiary/aromatic N) is 2. The Morgan fingerprint density at radius 1 is 1.11 bits per heavy atom. The molecule has 146 valence electrons. The lowest BCUT2D eigenvalue weighted by molar-refractivity contribution is 0.0950. The van der Waals surface area contributed by atoms with Gasteiger partial charge in [-0.2, -0.15) is 0 Å². The van der Waals surface area contributed by atoms with Crippen LogP contribution in [0, 0.1) is 6.92 Å². The number of aromatic nitrogens is 1. The molecule has 28 heavy (non-hydrogen) atoms. The fraction of sp³-hybridized carbons (Fsp3) is 0.304. The molecule has 0 atom stereocenters. The van der Waals surface area contributed by atoms with Crippen LogP contribution in [-0.2, 0) is 0 Å². The number of nitrogen functional groups attached to an aromatic ring is 1. The number of carbonyl (C=O) groups excluding carboxylic acids is 1. The van der Waals surface area contributed by atoms with Crippen molar-refractivity contribution < 1.29 is 4.79 Å². The van der Waals surface area contributed by atoms with Crippen LogP contribution in [0.1, 0.15) is 29.8 Å². The molecule has 0 aliphatic rings. The van der Waals surface area contributed by atoms with Crippen molar-refractivity contribution in [3.05, 3.63) is 59.8 Å². The van der Waals surface area contributed by atoms with E-state index in [1.54, 1.807) is 6.20 Å². The van der Waals surface area contributed by atoms with E-state index in [2.05, 4.69) is 29.0 Å². The molecule has 0 saturated heterocycles. The molecule has 0 aliphatic carbocycles. The van der Waals surface area contributed by atoms with Crippen molar-refractivity contribution in [1.29, 1.82) is 0 Å². The Morgan fingerprint density at radius 3 is 2.50 bits per heavy atom. The zero-order valence-corrected chi connectivity index (χ0v) is 16.8. The fourth-order valence-corrected chi connectivity index (χ4v) is 3.50. The molecular weight excluding hydrogens is 348 g/mol. The Bertz CT molecular complexity index is 979. The third-order valence-electron chi connectivity index (χ3n) is 5.15. The molecule has 5 heteroatoms. The number of pyridine rings is 1. The predicted molar refractivity (Wildman–Crippen MR) is 116 cm³/mol. The minimum absolute atomic E-state index is 0.0866. The van der Waals surface area contributed by atoms with E-state index < -0.39 is 0 Å². The summed E-state index contributed by atoms with van der Waals surface area (Å²) in [6, 6.07) is 13.7. The summed E-state index contributed by atoms with van der Waals surface area (Å²) in [6.07, 6.45) is 1.68. The first-order valence-electron chi connectivity index (χ1n) is 9.80. The van der Waals surface area contributed by atoms with Crippen LogP contribution in [0.2, 0.25) is 0 Å². The van der Waals surface area contributed by atoms with Gasteiger partial charge in [0.15, 0.2) is 0 Å². The SMILES string of the molecule is CCN(CC)CCNC(=O)c1cnc(-c2ccc(N)cc2C)c2ccccc12. The number of likely N-dealkylation sites (N-methyl/N-ethyl adjacent to an activating group) is 1. The number of nitrogens with two attached hydrogens (primary N) is 1. The Balaban J connectivity index is 1.93. The molecule has 0 aliphatic heterocycles. The highest BCUT2D eigenvalue weighted by Crippen LogP contribution is 2.31. The Kier molecular flexibility index (Phi) is 6.26. The van der Waals surface area contributed by atoms with Crippen molar-refractivity contribution in [3.8, 4) is 11.3 Å². The highest BCUT2D eigenvalue weighted by atomic mass is 16.1. The van der Waals surface area contributed by atoms with E-state index in [0.717, 1.165) is 52.9 Å². The second-order valence-electron chi connectivity index (χ2n) is 6.92. The molecule has 3 N–H and O–H groups in total. The lowest BCUT2D eigenvalue weighted by atomic mass is 9.97. The number of amides is 1. The maximum Gasteiger partial charge on any atom is 0.253 e. The van der Waals surface area contributed by atoms with Crippen LogP contribution in [0.25, 0.3) is 22.0 Å². The Labute approximate surface area is 166 Å². The highest BCUT2D eigenvalue weighted by Gasteiger charge is 2.15. The van der Waals surface area contributed by atoms with Crippen LogP contribution in [0.15, 0.2) is 48.7 Å². The van der Waals surface area contributed by atoms with E-state index in [1.165, 1.54) is 0 Å². The highest BCUT2D eigenvalue weighted by molar-refractivity contribution is 6.09. The van der Waals surface area contributed by atoms with Gasteiger partial charge in [0.2, 0.25) is 0 Å². The van der Waals surface area contributed by atoms with Crippen LogP contribution < -0.4 is 11.1 Å². The minimum atomic E-state index is -0.0866. The molecular formula is C23H28N4O. The van der Waals surface area contributed by atoms with Crippen LogP contribution in [0.5, 0.6) is 0 Å². The van der Waals surface area contributed by atoms with E-state index in [-0.39, 0.29) is 5.91 Å². The second-order valence-corrected chi connectivity index (χ2v) is 6.92. The van der Waals surface area contributed by atoms with Crippen molar-refractivity contribution >= 4 is 22.4 Å². The molecule has 0 spiro atoms. The molecule has 1 amide bonds. The lowest BCUT2D eigenvalue weighted by Gasteiger charge is -2.18. The third-order valence-corrected chi connectivity index (χ3v) is 5.15. The summed E-state index contributed by atoms with van der Waals surface area (Å²) in [5.41, 5.74) is 10.2. The topological polar surface area (TPSA) is 71.2 Å². The molecule has 0 saturated carbocycles. The third kappa shape index (κ3) is 4.15. The monoisotopic (exact) mass is 376 g/mol. The smallest absolute Gasteiger partial charge is 0.253 e. The Hall–Kier alpha value is -2.92. The van der Waals surface area contributed by atoms with E-state index in [1.807, 2.05) is 49.4 Å². The number of hydrogen-bond acceptors (Lipinski definition) is 4. The van der Waals surface area contributed by atoms with Crippen molar-refractivity contribution in [3.63, 3.8) is 0 Å². The van der Waals surface area contributed by atoms with Crippen molar-refractivity contribution in [2.75, 3.05) is 31.9 Å². The predicted octanol–water partition coefficient (Wildman–Crippen LogP) is 3.86.